The van der Waals surface area contributed by atoms with Gasteiger partial charge in [0.15, 0.2) is 0 Å². The third-order valence-corrected chi connectivity index (χ3v) is 10.7. The predicted octanol–water partition coefficient (Wildman–Crippen LogP) is 6.56. The van der Waals surface area contributed by atoms with Crippen molar-refractivity contribution in [3.8, 4) is 0 Å². The van der Waals surface area contributed by atoms with E-state index in [2.05, 4.69) is 131 Å². The molecule has 0 unspecified atom stereocenters. The van der Waals surface area contributed by atoms with Gasteiger partial charge >= 0.3 is 0 Å². The quantitative estimate of drug-likeness (QED) is 0.291. The highest BCUT2D eigenvalue weighted by atomic mass is 127. The average Bonchev–Trinajstić information content (AvgIpc) is 2.62. The topological polar surface area (TPSA) is 9.23 Å². The molecule has 0 radical (unpaired) electrons. The van der Waals surface area contributed by atoms with E-state index >= 15 is 0 Å². The van der Waals surface area contributed by atoms with Crippen LogP contribution >= 0.6 is 22.6 Å². The zero-order valence-electron chi connectivity index (χ0n) is 18.2. The Hall–Kier alpha value is -0.913. The van der Waals surface area contributed by atoms with Crippen LogP contribution in [-0.4, -0.2) is 14.9 Å². The molecule has 0 spiro atoms. The Morgan fingerprint density at radius 2 is 1.43 bits per heavy atom. The number of benzene rings is 2. The number of halogens is 1. The molecule has 0 heterocycles. The molecule has 0 saturated carbocycles. The van der Waals surface area contributed by atoms with E-state index < -0.39 is 8.32 Å². The zero-order chi connectivity index (χ0) is 20.8. The maximum absolute atomic E-state index is 7.05. The lowest BCUT2D eigenvalue weighted by atomic mass is 9.98. The third kappa shape index (κ3) is 5.80. The van der Waals surface area contributed by atoms with Gasteiger partial charge in [-0.2, -0.15) is 0 Å². The first kappa shape index (κ1) is 23.4. The Morgan fingerprint density at radius 3 is 1.82 bits per heavy atom. The molecule has 2 aromatic rings. The first-order chi connectivity index (χ1) is 13.2. The summed E-state index contributed by atoms with van der Waals surface area (Å²) in [5.74, 6) is 1.10. The molecule has 0 aromatic heterocycles. The van der Waals surface area contributed by atoms with E-state index in [1.54, 1.807) is 0 Å². The minimum Gasteiger partial charge on any atom is -0.407 e. The Kier molecular flexibility index (Phi) is 8.53. The third-order valence-electron chi connectivity index (χ3n) is 5.29. The molecule has 0 aliphatic heterocycles. The number of hydrogen-bond acceptors (Lipinski definition) is 1. The molecular formula is C25H35IOSi. The fourth-order valence-electron chi connectivity index (χ4n) is 4.19. The standard InChI is InChI=1S/C25H35IOSi/c1-20(18-22(3)26)17-21(2)19-27-28(25(4,5)6,23-13-9-7-10-14-23)24-15-11-8-12-16-24/h7-16,18,20-21H,17,19H2,1-6H3/b22-18+/t20-,21-/m0/s1. The lowest BCUT2D eigenvalue weighted by Crippen LogP contribution is -2.66. The molecule has 0 aliphatic rings. The molecule has 0 N–H and O–H groups in total. The molecule has 0 bridgehead atoms. The zero-order valence-corrected chi connectivity index (χ0v) is 21.4. The highest BCUT2D eigenvalue weighted by molar-refractivity contribution is 14.1. The van der Waals surface area contributed by atoms with Crippen molar-refractivity contribution in [1.82, 2.24) is 0 Å². The molecule has 2 rings (SSSR count). The number of hydrogen-bond donors (Lipinski definition) is 0. The van der Waals surface area contributed by atoms with Crippen LogP contribution in [0, 0.1) is 11.8 Å². The minimum atomic E-state index is -2.41. The second kappa shape index (κ2) is 10.2. The van der Waals surface area contributed by atoms with Crippen molar-refractivity contribution in [2.45, 2.75) is 53.0 Å². The average molecular weight is 507 g/mol. The van der Waals surface area contributed by atoms with Crippen LogP contribution in [0.1, 0.15) is 48.0 Å². The summed E-state index contributed by atoms with van der Waals surface area (Å²) in [6, 6.07) is 21.8. The van der Waals surface area contributed by atoms with Gasteiger partial charge in [0.1, 0.15) is 0 Å². The fourth-order valence-corrected chi connectivity index (χ4v) is 9.50. The van der Waals surface area contributed by atoms with Crippen LogP contribution in [0.5, 0.6) is 0 Å². The fraction of sp³-hybridized carbons (Fsp3) is 0.440. The molecule has 152 valence electrons. The van der Waals surface area contributed by atoms with E-state index in [1.807, 2.05) is 0 Å². The van der Waals surface area contributed by atoms with Gasteiger partial charge in [0, 0.05) is 6.61 Å². The van der Waals surface area contributed by atoms with Crippen molar-refractivity contribution in [3.63, 3.8) is 0 Å². The van der Waals surface area contributed by atoms with Gasteiger partial charge in [-0.05, 0) is 66.8 Å². The SMILES string of the molecule is C/C(I)=C\[C@@H](C)C[C@H](C)CO[Si](c1ccccc1)(c1ccccc1)C(C)(C)C. The van der Waals surface area contributed by atoms with Gasteiger partial charge in [-0.1, -0.05) is 101 Å². The van der Waals surface area contributed by atoms with Crippen LogP contribution in [0.3, 0.4) is 0 Å². The van der Waals surface area contributed by atoms with Crippen molar-refractivity contribution in [2.24, 2.45) is 11.8 Å². The van der Waals surface area contributed by atoms with Gasteiger partial charge in [0.25, 0.3) is 8.32 Å². The van der Waals surface area contributed by atoms with Crippen LogP contribution in [0.4, 0.5) is 0 Å². The van der Waals surface area contributed by atoms with Crippen molar-refractivity contribution in [1.29, 1.82) is 0 Å². The van der Waals surface area contributed by atoms with Gasteiger partial charge in [-0.15, -0.1) is 0 Å². The van der Waals surface area contributed by atoms with Crippen LogP contribution in [-0.2, 0) is 4.43 Å². The Labute approximate surface area is 186 Å². The molecule has 0 aliphatic carbocycles. The summed E-state index contributed by atoms with van der Waals surface area (Å²) in [6.45, 7) is 14.6. The first-order valence-corrected chi connectivity index (χ1v) is 13.2. The molecule has 0 saturated heterocycles. The Balaban J connectivity index is 2.38. The highest BCUT2D eigenvalue weighted by Crippen LogP contribution is 2.37. The van der Waals surface area contributed by atoms with E-state index in [1.165, 1.54) is 14.0 Å². The van der Waals surface area contributed by atoms with Crippen molar-refractivity contribution in [2.75, 3.05) is 6.61 Å². The Morgan fingerprint density at radius 1 is 0.964 bits per heavy atom. The van der Waals surface area contributed by atoms with Gasteiger partial charge in [-0.3, -0.25) is 0 Å². The van der Waals surface area contributed by atoms with Crippen molar-refractivity contribution >= 4 is 41.3 Å². The van der Waals surface area contributed by atoms with E-state index in [9.17, 15) is 0 Å². The second-order valence-corrected chi connectivity index (χ2v) is 15.1. The number of rotatable bonds is 8. The minimum absolute atomic E-state index is 0.0414. The maximum Gasteiger partial charge on any atom is 0.261 e. The maximum atomic E-state index is 7.05. The van der Waals surface area contributed by atoms with E-state index in [0.29, 0.717) is 11.8 Å². The molecule has 1 nitrogen and oxygen atoms in total. The van der Waals surface area contributed by atoms with Gasteiger partial charge in [0.2, 0.25) is 0 Å². The lowest BCUT2D eigenvalue weighted by Gasteiger charge is -2.43. The normalized spacial score (nSPS) is 15.3. The van der Waals surface area contributed by atoms with Crippen LogP contribution < -0.4 is 10.4 Å². The smallest absolute Gasteiger partial charge is 0.261 e. The van der Waals surface area contributed by atoms with Crippen LogP contribution in [0.25, 0.3) is 0 Å². The van der Waals surface area contributed by atoms with Crippen LogP contribution in [0.15, 0.2) is 70.3 Å². The summed E-state index contributed by atoms with van der Waals surface area (Å²) < 4.78 is 8.42. The van der Waals surface area contributed by atoms with Gasteiger partial charge in [-0.25, -0.2) is 0 Å². The second-order valence-electron chi connectivity index (χ2n) is 9.05. The molecule has 0 fully saturated rings. The van der Waals surface area contributed by atoms with Gasteiger partial charge < -0.3 is 4.43 Å². The molecular weight excluding hydrogens is 471 g/mol. The largest absolute Gasteiger partial charge is 0.407 e. The van der Waals surface area contributed by atoms with Gasteiger partial charge in [0.05, 0.1) is 0 Å². The number of allylic oxidation sites excluding steroid dienone is 2. The van der Waals surface area contributed by atoms with E-state index in [0.717, 1.165) is 13.0 Å². The summed E-state index contributed by atoms with van der Waals surface area (Å²) in [5, 5.41) is 2.76. The predicted molar refractivity (Wildman–Crippen MR) is 134 cm³/mol. The summed E-state index contributed by atoms with van der Waals surface area (Å²) in [4.78, 5) is 0. The summed E-state index contributed by atoms with van der Waals surface area (Å²) in [7, 11) is -2.41. The molecule has 28 heavy (non-hydrogen) atoms. The molecule has 3 heteroatoms. The van der Waals surface area contributed by atoms with Crippen molar-refractivity contribution < 1.29 is 4.43 Å². The first-order valence-electron chi connectivity index (χ1n) is 10.3. The van der Waals surface area contributed by atoms with Crippen molar-refractivity contribution in [3.05, 3.63) is 70.3 Å². The molecule has 0 amide bonds. The molecule has 2 aromatic carbocycles. The summed E-state index contributed by atoms with van der Waals surface area (Å²) in [6.07, 6.45) is 3.51. The van der Waals surface area contributed by atoms with E-state index in [-0.39, 0.29) is 5.04 Å². The monoisotopic (exact) mass is 506 g/mol. The van der Waals surface area contributed by atoms with E-state index in [4.69, 9.17) is 4.43 Å². The summed E-state index contributed by atoms with van der Waals surface area (Å²) in [5.41, 5.74) is 0. The summed E-state index contributed by atoms with van der Waals surface area (Å²) >= 11 is 2.40. The Bertz CT molecular complexity index is 706. The lowest BCUT2D eigenvalue weighted by molar-refractivity contribution is 0.230. The molecule has 2 atom stereocenters. The highest BCUT2D eigenvalue weighted by Gasteiger charge is 2.50. The van der Waals surface area contributed by atoms with Crippen LogP contribution in [0.2, 0.25) is 5.04 Å².